The van der Waals surface area contributed by atoms with Gasteiger partial charge in [-0.15, -0.1) is 0 Å². The van der Waals surface area contributed by atoms with Crippen LogP contribution in [0.1, 0.15) is 80.5 Å². The molecule has 2 aromatic rings. The largest absolute Gasteiger partial charge is 0.491 e. The van der Waals surface area contributed by atoms with Crippen LogP contribution in [-0.4, -0.2) is 41.6 Å². The number of hydrogen-bond donors (Lipinski definition) is 1. The molecule has 1 saturated carbocycles. The summed E-state index contributed by atoms with van der Waals surface area (Å²) in [5, 5.41) is 7.04. The summed E-state index contributed by atoms with van der Waals surface area (Å²) < 4.78 is 11.1. The van der Waals surface area contributed by atoms with E-state index in [0.717, 1.165) is 57.2 Å². The number of para-hydroxylation sites is 2. The first-order valence-corrected chi connectivity index (χ1v) is 11.9. The van der Waals surface area contributed by atoms with E-state index in [-0.39, 0.29) is 23.5 Å². The Hall–Kier alpha value is -2.83. The predicted octanol–water partition coefficient (Wildman–Crippen LogP) is 5.00. The second-order valence-electron chi connectivity index (χ2n) is 8.87. The van der Waals surface area contributed by atoms with E-state index in [1.807, 2.05) is 30.0 Å². The number of benzene rings is 1. The molecule has 2 fully saturated rings. The molecular weight excluding hydrogens is 406 g/mol. The number of likely N-dealkylation sites (tertiary alicyclic amines) is 1. The summed E-state index contributed by atoms with van der Waals surface area (Å²) in [7, 11) is 0. The van der Waals surface area contributed by atoms with Crippen LogP contribution < -0.4 is 10.1 Å². The standard InChI is InChI=1S/C25H33N3O4/c1-2-15-31-22-13-7-6-12-20(22)26-24(29)23-16-21(27-32-23)19-11-8-14-28(17-19)25(30)18-9-4-3-5-10-18/h6-7,12-13,16,18-19H,2-5,8-11,14-15,17H2,1H3,(H,26,29)/t19-/m1/s1. The summed E-state index contributed by atoms with van der Waals surface area (Å²) in [5.41, 5.74) is 1.35. The molecule has 1 aliphatic heterocycles. The van der Waals surface area contributed by atoms with Crippen molar-refractivity contribution in [2.24, 2.45) is 5.92 Å². The Morgan fingerprint density at radius 2 is 1.97 bits per heavy atom. The van der Waals surface area contributed by atoms with Crippen LogP contribution in [0.15, 0.2) is 34.9 Å². The maximum atomic E-state index is 13.0. The SMILES string of the molecule is CCCOc1ccccc1NC(=O)c1cc([C@@H]2CCCN(C(=O)C3CCCCC3)C2)no1. The molecule has 1 aliphatic carbocycles. The summed E-state index contributed by atoms with van der Waals surface area (Å²) in [6.45, 7) is 4.08. The van der Waals surface area contributed by atoms with E-state index < -0.39 is 0 Å². The number of aromatic nitrogens is 1. The molecule has 7 heteroatoms. The van der Waals surface area contributed by atoms with Crippen molar-refractivity contribution in [3.63, 3.8) is 0 Å². The molecule has 2 aliphatic rings. The average Bonchev–Trinajstić information content (AvgIpc) is 3.34. The second kappa shape index (κ2) is 10.7. The Morgan fingerprint density at radius 1 is 1.16 bits per heavy atom. The van der Waals surface area contributed by atoms with Crippen molar-refractivity contribution in [2.75, 3.05) is 25.0 Å². The predicted molar refractivity (Wildman–Crippen MR) is 122 cm³/mol. The van der Waals surface area contributed by atoms with E-state index >= 15 is 0 Å². The molecule has 2 heterocycles. The van der Waals surface area contributed by atoms with E-state index in [1.165, 1.54) is 6.42 Å². The lowest BCUT2D eigenvalue weighted by Crippen LogP contribution is -2.42. The fraction of sp³-hybridized carbons (Fsp3) is 0.560. The lowest BCUT2D eigenvalue weighted by molar-refractivity contribution is -0.137. The molecule has 1 aromatic heterocycles. The van der Waals surface area contributed by atoms with Crippen LogP contribution in [0.2, 0.25) is 0 Å². The maximum Gasteiger partial charge on any atom is 0.294 e. The van der Waals surface area contributed by atoms with Crippen molar-refractivity contribution in [1.82, 2.24) is 10.1 Å². The van der Waals surface area contributed by atoms with Crippen molar-refractivity contribution < 1.29 is 18.8 Å². The minimum atomic E-state index is -0.359. The summed E-state index contributed by atoms with van der Waals surface area (Å²) in [6.07, 6.45) is 8.34. The fourth-order valence-electron chi connectivity index (χ4n) is 4.71. The van der Waals surface area contributed by atoms with Crippen LogP contribution in [0.5, 0.6) is 5.75 Å². The van der Waals surface area contributed by atoms with Gasteiger partial charge in [-0.2, -0.15) is 0 Å². The molecule has 32 heavy (non-hydrogen) atoms. The van der Waals surface area contributed by atoms with Gasteiger partial charge in [-0.05, 0) is 44.2 Å². The van der Waals surface area contributed by atoms with E-state index in [1.54, 1.807) is 12.1 Å². The Bertz CT molecular complexity index is 919. The minimum Gasteiger partial charge on any atom is -0.491 e. The zero-order valence-electron chi connectivity index (χ0n) is 18.8. The van der Waals surface area contributed by atoms with Crippen molar-refractivity contribution >= 4 is 17.5 Å². The molecule has 1 aromatic carbocycles. The first-order valence-electron chi connectivity index (χ1n) is 11.9. The van der Waals surface area contributed by atoms with Crippen LogP contribution in [0.3, 0.4) is 0 Å². The second-order valence-corrected chi connectivity index (χ2v) is 8.87. The molecule has 172 valence electrons. The zero-order valence-corrected chi connectivity index (χ0v) is 18.8. The Labute approximate surface area is 189 Å². The maximum absolute atomic E-state index is 13.0. The summed E-state index contributed by atoms with van der Waals surface area (Å²) in [4.78, 5) is 27.7. The number of ether oxygens (including phenoxy) is 1. The molecule has 1 N–H and O–H groups in total. The lowest BCUT2D eigenvalue weighted by Gasteiger charge is -2.35. The van der Waals surface area contributed by atoms with Gasteiger partial charge in [0.2, 0.25) is 11.7 Å². The van der Waals surface area contributed by atoms with Crippen LogP contribution in [0, 0.1) is 5.92 Å². The van der Waals surface area contributed by atoms with Gasteiger partial charge in [0.25, 0.3) is 5.91 Å². The molecule has 1 atom stereocenters. The third-order valence-electron chi connectivity index (χ3n) is 6.45. The third-order valence-corrected chi connectivity index (χ3v) is 6.45. The third kappa shape index (κ3) is 5.31. The molecule has 2 amide bonds. The van der Waals surface area contributed by atoms with Gasteiger partial charge in [0.15, 0.2) is 0 Å². The van der Waals surface area contributed by atoms with Crippen LogP contribution in [0.25, 0.3) is 0 Å². The topological polar surface area (TPSA) is 84.7 Å². The number of carbonyl (C=O) groups is 2. The van der Waals surface area contributed by atoms with Gasteiger partial charge in [0.05, 0.1) is 18.0 Å². The molecule has 1 saturated heterocycles. The van der Waals surface area contributed by atoms with Gasteiger partial charge in [-0.25, -0.2) is 0 Å². The number of carbonyl (C=O) groups excluding carboxylic acids is 2. The molecule has 4 rings (SSSR count). The average molecular weight is 440 g/mol. The Morgan fingerprint density at radius 3 is 2.78 bits per heavy atom. The van der Waals surface area contributed by atoms with Gasteiger partial charge in [0.1, 0.15) is 5.75 Å². The Balaban J connectivity index is 1.39. The first-order chi connectivity index (χ1) is 15.7. The smallest absolute Gasteiger partial charge is 0.294 e. The normalized spacial score (nSPS) is 19.5. The number of nitrogens with zero attached hydrogens (tertiary/aromatic N) is 2. The van der Waals surface area contributed by atoms with Gasteiger partial charge < -0.3 is 19.5 Å². The van der Waals surface area contributed by atoms with E-state index in [9.17, 15) is 9.59 Å². The van der Waals surface area contributed by atoms with Gasteiger partial charge in [-0.1, -0.05) is 43.5 Å². The van der Waals surface area contributed by atoms with Crippen molar-refractivity contribution in [3.8, 4) is 5.75 Å². The highest BCUT2D eigenvalue weighted by Gasteiger charge is 2.31. The highest BCUT2D eigenvalue weighted by atomic mass is 16.5. The quantitative estimate of drug-likeness (QED) is 0.656. The van der Waals surface area contributed by atoms with Gasteiger partial charge in [-0.3, -0.25) is 9.59 Å². The number of hydrogen-bond acceptors (Lipinski definition) is 5. The molecule has 0 bridgehead atoms. The summed E-state index contributed by atoms with van der Waals surface area (Å²) in [5.74, 6) is 1.01. The van der Waals surface area contributed by atoms with Crippen LogP contribution in [-0.2, 0) is 4.79 Å². The number of amides is 2. The number of piperidine rings is 1. The van der Waals surface area contributed by atoms with E-state index in [4.69, 9.17) is 9.26 Å². The first kappa shape index (κ1) is 22.4. The number of anilines is 1. The van der Waals surface area contributed by atoms with E-state index in [2.05, 4.69) is 10.5 Å². The van der Waals surface area contributed by atoms with Crippen molar-refractivity contribution in [3.05, 3.63) is 41.8 Å². The molecule has 7 nitrogen and oxygen atoms in total. The monoisotopic (exact) mass is 439 g/mol. The minimum absolute atomic E-state index is 0.0989. The van der Waals surface area contributed by atoms with Gasteiger partial charge >= 0.3 is 0 Å². The van der Waals surface area contributed by atoms with Crippen LogP contribution >= 0.6 is 0 Å². The zero-order chi connectivity index (χ0) is 22.3. The van der Waals surface area contributed by atoms with Crippen molar-refractivity contribution in [1.29, 1.82) is 0 Å². The number of rotatable bonds is 7. The molecule has 0 radical (unpaired) electrons. The fourth-order valence-corrected chi connectivity index (χ4v) is 4.71. The van der Waals surface area contributed by atoms with Crippen LogP contribution in [0.4, 0.5) is 5.69 Å². The summed E-state index contributed by atoms with van der Waals surface area (Å²) >= 11 is 0. The molecule has 0 spiro atoms. The highest BCUT2D eigenvalue weighted by molar-refractivity contribution is 6.03. The highest BCUT2D eigenvalue weighted by Crippen LogP contribution is 2.31. The van der Waals surface area contributed by atoms with E-state index in [0.29, 0.717) is 30.5 Å². The van der Waals surface area contributed by atoms with Gasteiger partial charge in [0, 0.05) is 31.0 Å². The summed E-state index contributed by atoms with van der Waals surface area (Å²) in [6, 6.07) is 9.06. The Kier molecular flexibility index (Phi) is 7.45. The number of nitrogens with one attached hydrogen (secondary N) is 1. The lowest BCUT2D eigenvalue weighted by atomic mass is 9.87. The molecule has 0 unspecified atom stereocenters. The molecular formula is C25H33N3O4. The van der Waals surface area contributed by atoms with Crippen molar-refractivity contribution in [2.45, 2.75) is 64.2 Å².